The first-order chi connectivity index (χ1) is 11.5. The van der Waals surface area contributed by atoms with Crippen LogP contribution in [-0.2, 0) is 10.0 Å². The highest BCUT2D eigenvalue weighted by Gasteiger charge is 2.31. The van der Waals surface area contributed by atoms with E-state index in [-0.39, 0.29) is 11.8 Å². The molecule has 10 heteroatoms. The zero-order chi connectivity index (χ0) is 17.2. The summed E-state index contributed by atoms with van der Waals surface area (Å²) < 4.78 is 25.5. The van der Waals surface area contributed by atoms with E-state index >= 15 is 0 Å². The molecule has 1 saturated heterocycles. The van der Waals surface area contributed by atoms with E-state index < -0.39 is 16.1 Å². The minimum atomic E-state index is -3.22. The third-order valence-electron chi connectivity index (χ3n) is 3.84. The Hall–Kier alpha value is -2.20. The highest BCUT2D eigenvalue weighted by atomic mass is 32.2. The summed E-state index contributed by atoms with van der Waals surface area (Å²) in [6.45, 7) is 2.57. The number of nitrogens with zero attached hydrogens (tertiary/aromatic N) is 3. The molecule has 1 aliphatic rings. The van der Waals surface area contributed by atoms with Gasteiger partial charge in [0.05, 0.1) is 11.9 Å². The molecule has 0 unspecified atom stereocenters. The first-order valence-corrected chi connectivity index (χ1v) is 9.44. The molecule has 3 rings (SSSR count). The number of fused-ring (bicyclic) bond motifs is 1. The molecule has 1 fully saturated rings. The van der Waals surface area contributed by atoms with Crippen molar-refractivity contribution in [2.45, 2.75) is 25.8 Å². The van der Waals surface area contributed by atoms with E-state index in [4.69, 9.17) is 0 Å². The van der Waals surface area contributed by atoms with Gasteiger partial charge in [-0.1, -0.05) is 6.92 Å². The van der Waals surface area contributed by atoms with Gasteiger partial charge in [0.15, 0.2) is 11.5 Å². The molecule has 2 amide bonds. The van der Waals surface area contributed by atoms with Crippen molar-refractivity contribution < 1.29 is 13.2 Å². The summed E-state index contributed by atoms with van der Waals surface area (Å²) >= 11 is 0. The Kier molecular flexibility index (Phi) is 4.67. The van der Waals surface area contributed by atoms with Crippen LogP contribution in [0.25, 0.3) is 11.2 Å². The number of amides is 2. The van der Waals surface area contributed by atoms with Crippen molar-refractivity contribution in [3.8, 4) is 0 Å². The van der Waals surface area contributed by atoms with Gasteiger partial charge < -0.3 is 10.3 Å². The number of rotatable bonds is 5. The quantitative estimate of drug-likeness (QED) is 0.738. The van der Waals surface area contributed by atoms with Crippen LogP contribution in [0.1, 0.15) is 19.8 Å². The predicted molar refractivity (Wildman–Crippen MR) is 90.1 cm³/mol. The maximum absolute atomic E-state index is 12.1. The molecule has 2 aromatic rings. The zero-order valence-electron chi connectivity index (χ0n) is 13.3. The second-order valence-corrected chi connectivity index (χ2v) is 7.81. The van der Waals surface area contributed by atoms with Crippen LogP contribution < -0.4 is 10.6 Å². The molecule has 130 valence electrons. The Morgan fingerprint density at radius 2 is 2.33 bits per heavy atom. The first kappa shape index (κ1) is 16.7. The number of carbonyl (C=O) groups excluding carboxylic acids is 1. The summed E-state index contributed by atoms with van der Waals surface area (Å²) in [5, 5.41) is 5.41. The van der Waals surface area contributed by atoms with Crippen LogP contribution in [0.2, 0.25) is 0 Å². The van der Waals surface area contributed by atoms with E-state index in [0.717, 1.165) is 0 Å². The lowest BCUT2D eigenvalue weighted by atomic mass is 10.3. The molecule has 24 heavy (non-hydrogen) atoms. The molecule has 9 nitrogen and oxygen atoms in total. The molecule has 1 aliphatic heterocycles. The van der Waals surface area contributed by atoms with Gasteiger partial charge in [-0.3, -0.25) is 5.32 Å². The standard InChI is InChI=1S/C14H20N6O3S/c1-2-7-24(22,23)20-6-4-10(9-20)17-14(21)19-12-8-16-13-11(18-12)3-5-15-13/h3,5,8,10H,2,4,6-7,9H2,1H3,(H,15,16)(H2,17,18,19,21)/t10-/m1/s1. The number of carbonyl (C=O) groups is 1. The van der Waals surface area contributed by atoms with Gasteiger partial charge in [0.25, 0.3) is 0 Å². The molecular weight excluding hydrogens is 332 g/mol. The van der Waals surface area contributed by atoms with Crippen molar-refractivity contribution in [3.63, 3.8) is 0 Å². The maximum Gasteiger partial charge on any atom is 0.320 e. The number of aromatic amines is 1. The second kappa shape index (κ2) is 6.73. The molecule has 1 atom stereocenters. The van der Waals surface area contributed by atoms with Crippen molar-refractivity contribution in [1.29, 1.82) is 0 Å². The Labute approximate surface area is 139 Å². The SMILES string of the molecule is CCCS(=O)(=O)N1CC[C@@H](NC(=O)Nc2cnc3[nH]ccc3n2)C1. The molecule has 0 aromatic carbocycles. The fourth-order valence-corrected chi connectivity index (χ4v) is 4.28. The third kappa shape index (κ3) is 3.65. The van der Waals surface area contributed by atoms with Gasteiger partial charge in [-0.05, 0) is 18.9 Å². The van der Waals surface area contributed by atoms with E-state index in [1.165, 1.54) is 10.5 Å². The van der Waals surface area contributed by atoms with Gasteiger partial charge >= 0.3 is 6.03 Å². The van der Waals surface area contributed by atoms with Crippen LogP contribution in [0.15, 0.2) is 18.5 Å². The molecule has 0 saturated carbocycles. The largest absolute Gasteiger partial charge is 0.345 e. The molecule has 0 radical (unpaired) electrons. The van der Waals surface area contributed by atoms with Gasteiger partial charge in [-0.25, -0.2) is 23.2 Å². The monoisotopic (exact) mass is 352 g/mol. The van der Waals surface area contributed by atoms with Crippen LogP contribution in [0.3, 0.4) is 0 Å². The van der Waals surface area contributed by atoms with E-state index in [1.807, 2.05) is 6.92 Å². The maximum atomic E-state index is 12.1. The van der Waals surface area contributed by atoms with Crippen LogP contribution in [0, 0.1) is 0 Å². The minimum Gasteiger partial charge on any atom is -0.345 e. The molecule has 0 aliphatic carbocycles. The smallest absolute Gasteiger partial charge is 0.320 e. The summed E-state index contributed by atoms with van der Waals surface area (Å²) in [7, 11) is -3.22. The number of H-pyrrole nitrogens is 1. The fourth-order valence-electron chi connectivity index (χ4n) is 2.71. The van der Waals surface area contributed by atoms with E-state index in [0.29, 0.717) is 42.9 Å². The van der Waals surface area contributed by atoms with E-state index in [1.54, 1.807) is 12.3 Å². The van der Waals surface area contributed by atoms with Crippen molar-refractivity contribution in [2.75, 3.05) is 24.2 Å². The van der Waals surface area contributed by atoms with Crippen LogP contribution >= 0.6 is 0 Å². The Bertz CT molecular complexity index is 834. The minimum absolute atomic E-state index is 0.137. The van der Waals surface area contributed by atoms with Gasteiger partial charge in [0.1, 0.15) is 5.52 Å². The summed E-state index contributed by atoms with van der Waals surface area (Å²) in [4.78, 5) is 23.4. The molecule has 0 spiro atoms. The number of urea groups is 1. The topological polar surface area (TPSA) is 120 Å². The molecular formula is C14H20N6O3S. The Morgan fingerprint density at radius 3 is 3.12 bits per heavy atom. The van der Waals surface area contributed by atoms with Crippen molar-refractivity contribution in [1.82, 2.24) is 24.6 Å². The van der Waals surface area contributed by atoms with E-state index in [2.05, 4.69) is 25.6 Å². The summed E-state index contributed by atoms with van der Waals surface area (Å²) in [5.74, 6) is 0.478. The molecule has 0 bridgehead atoms. The summed E-state index contributed by atoms with van der Waals surface area (Å²) in [5.41, 5.74) is 1.30. The lowest BCUT2D eigenvalue weighted by Crippen LogP contribution is -2.41. The molecule has 3 N–H and O–H groups in total. The van der Waals surface area contributed by atoms with Gasteiger partial charge in [0, 0.05) is 25.3 Å². The molecule has 3 heterocycles. The average molecular weight is 352 g/mol. The normalized spacial score (nSPS) is 18.8. The van der Waals surface area contributed by atoms with Crippen molar-refractivity contribution in [3.05, 3.63) is 18.5 Å². The second-order valence-electron chi connectivity index (χ2n) is 5.72. The summed E-state index contributed by atoms with van der Waals surface area (Å²) in [6.07, 6.45) is 4.36. The number of nitrogens with one attached hydrogen (secondary N) is 3. The number of hydrogen-bond acceptors (Lipinski definition) is 5. The van der Waals surface area contributed by atoms with E-state index in [9.17, 15) is 13.2 Å². The van der Waals surface area contributed by atoms with Crippen molar-refractivity contribution >= 4 is 33.0 Å². The summed E-state index contributed by atoms with van der Waals surface area (Å²) in [6, 6.07) is 1.14. The third-order valence-corrected chi connectivity index (χ3v) is 5.89. The number of anilines is 1. The highest BCUT2D eigenvalue weighted by molar-refractivity contribution is 7.89. The Morgan fingerprint density at radius 1 is 1.50 bits per heavy atom. The highest BCUT2D eigenvalue weighted by Crippen LogP contribution is 2.15. The van der Waals surface area contributed by atoms with Gasteiger partial charge in [-0.2, -0.15) is 4.31 Å². The van der Waals surface area contributed by atoms with Gasteiger partial charge in [0.2, 0.25) is 10.0 Å². The number of hydrogen-bond donors (Lipinski definition) is 3. The lowest BCUT2D eigenvalue weighted by molar-refractivity contribution is 0.248. The average Bonchev–Trinajstić information content (AvgIpc) is 3.15. The Balaban J connectivity index is 1.55. The number of aromatic nitrogens is 3. The van der Waals surface area contributed by atoms with Gasteiger partial charge in [-0.15, -0.1) is 0 Å². The first-order valence-electron chi connectivity index (χ1n) is 7.83. The fraction of sp³-hybridized carbons (Fsp3) is 0.500. The van der Waals surface area contributed by atoms with Crippen molar-refractivity contribution in [2.24, 2.45) is 0 Å². The van der Waals surface area contributed by atoms with Crippen LogP contribution in [-0.4, -0.2) is 58.6 Å². The van der Waals surface area contributed by atoms with Crippen LogP contribution in [0.4, 0.5) is 10.6 Å². The lowest BCUT2D eigenvalue weighted by Gasteiger charge is -2.16. The zero-order valence-corrected chi connectivity index (χ0v) is 14.1. The predicted octanol–water partition coefficient (Wildman–Crippen LogP) is 0.893. The van der Waals surface area contributed by atoms with Crippen LogP contribution in [0.5, 0.6) is 0 Å². The molecule has 2 aromatic heterocycles. The number of sulfonamides is 1.